The minimum absolute atomic E-state index is 0.174. The van der Waals surface area contributed by atoms with Crippen LogP contribution in [0.1, 0.15) is 11.1 Å². The number of carbonyl (C=O) groups excluding carboxylic acids is 1. The lowest BCUT2D eigenvalue weighted by molar-refractivity contribution is -0.116. The maximum Gasteiger partial charge on any atom is 0.268 e. The van der Waals surface area contributed by atoms with Crippen molar-refractivity contribution in [1.82, 2.24) is 19.7 Å². The highest BCUT2D eigenvalue weighted by Crippen LogP contribution is 2.35. The fourth-order valence-corrected chi connectivity index (χ4v) is 4.80. The van der Waals surface area contributed by atoms with Crippen LogP contribution in [0.3, 0.4) is 0 Å². The molecule has 0 fully saturated rings. The largest absolute Gasteiger partial charge is 0.333 e. The first-order valence-electron chi connectivity index (χ1n) is 10.3. The number of aryl methyl sites for hydroxylation is 2. The van der Waals surface area contributed by atoms with E-state index in [4.69, 9.17) is 16.1 Å². The third-order valence-corrected chi connectivity index (χ3v) is 6.81. The molecule has 0 saturated carbocycles. The van der Waals surface area contributed by atoms with Gasteiger partial charge < -0.3 is 9.84 Å². The summed E-state index contributed by atoms with van der Waals surface area (Å²) < 4.78 is 6.80. The summed E-state index contributed by atoms with van der Waals surface area (Å²) in [6, 6.07) is 14.5. The zero-order valence-corrected chi connectivity index (χ0v) is 19.8. The molecule has 10 heteroatoms. The Bertz CT molecular complexity index is 1590. The van der Waals surface area contributed by atoms with E-state index >= 15 is 0 Å². The van der Waals surface area contributed by atoms with E-state index in [2.05, 4.69) is 20.4 Å². The Morgan fingerprint density at radius 3 is 2.68 bits per heavy atom. The van der Waals surface area contributed by atoms with Crippen LogP contribution in [0, 0.1) is 13.8 Å². The summed E-state index contributed by atoms with van der Waals surface area (Å²) in [6.45, 7) is 3.62. The first-order valence-corrected chi connectivity index (χ1v) is 11.5. The van der Waals surface area contributed by atoms with Gasteiger partial charge in [-0.05, 0) is 49.2 Å². The first-order chi connectivity index (χ1) is 16.4. The predicted molar refractivity (Wildman–Crippen MR) is 132 cm³/mol. The lowest BCUT2D eigenvalue weighted by atomic mass is 10.1. The minimum Gasteiger partial charge on any atom is -0.333 e. The molecule has 0 atom stereocenters. The highest BCUT2D eigenvalue weighted by Gasteiger charge is 2.21. The van der Waals surface area contributed by atoms with E-state index in [1.54, 1.807) is 24.3 Å². The van der Waals surface area contributed by atoms with E-state index in [0.717, 1.165) is 11.1 Å². The van der Waals surface area contributed by atoms with Crippen molar-refractivity contribution in [3.63, 3.8) is 0 Å². The van der Waals surface area contributed by atoms with Crippen LogP contribution in [0.25, 0.3) is 32.4 Å². The topological polar surface area (TPSA) is 103 Å². The maximum atomic E-state index is 13.2. The van der Waals surface area contributed by atoms with Crippen molar-refractivity contribution in [2.75, 3.05) is 5.32 Å². The summed E-state index contributed by atoms with van der Waals surface area (Å²) >= 11 is 7.18. The lowest BCUT2D eigenvalue weighted by Crippen LogP contribution is -2.27. The smallest absolute Gasteiger partial charge is 0.268 e. The van der Waals surface area contributed by atoms with Crippen LogP contribution in [0.15, 0.2) is 64.2 Å². The SMILES string of the molecule is Cc1ccccc1-c1noc(-c2sc3ncn(CC(=O)Nc4ccc(Cl)cc4)c(=O)c3c2C)n1. The standard InChI is InChI=1S/C24H18ClN5O3S/c1-13-5-3-4-6-17(13)21-28-22(33-29-21)20-14(2)19-23(34-20)26-12-30(24(19)32)11-18(31)27-16-9-7-15(25)8-10-16/h3-10,12H,11H2,1-2H3,(H,27,31). The monoisotopic (exact) mass is 491 g/mol. The van der Waals surface area contributed by atoms with Crippen LogP contribution in [-0.2, 0) is 11.3 Å². The van der Waals surface area contributed by atoms with Gasteiger partial charge in [0.25, 0.3) is 11.4 Å². The van der Waals surface area contributed by atoms with Gasteiger partial charge in [0.2, 0.25) is 11.7 Å². The first kappa shape index (κ1) is 22.0. The quantitative estimate of drug-likeness (QED) is 0.367. The van der Waals surface area contributed by atoms with Gasteiger partial charge in [0.05, 0.1) is 16.6 Å². The number of fused-ring (bicyclic) bond motifs is 1. The Kier molecular flexibility index (Phi) is 5.72. The van der Waals surface area contributed by atoms with E-state index in [0.29, 0.717) is 43.1 Å². The van der Waals surface area contributed by atoms with Gasteiger partial charge in [0.1, 0.15) is 11.4 Å². The van der Waals surface area contributed by atoms with Crippen molar-refractivity contribution in [2.24, 2.45) is 0 Å². The van der Waals surface area contributed by atoms with Gasteiger partial charge in [0.15, 0.2) is 0 Å². The average molecular weight is 492 g/mol. The maximum absolute atomic E-state index is 13.2. The zero-order chi connectivity index (χ0) is 23.8. The zero-order valence-electron chi connectivity index (χ0n) is 18.2. The number of benzene rings is 2. The Hall–Kier alpha value is -3.82. The van der Waals surface area contributed by atoms with E-state index < -0.39 is 0 Å². The van der Waals surface area contributed by atoms with Crippen LogP contribution >= 0.6 is 22.9 Å². The Balaban J connectivity index is 1.44. The molecule has 5 rings (SSSR count). The van der Waals surface area contributed by atoms with Gasteiger partial charge in [-0.25, -0.2) is 4.98 Å². The highest BCUT2D eigenvalue weighted by molar-refractivity contribution is 7.22. The fraction of sp³-hybridized carbons (Fsp3) is 0.125. The molecule has 0 saturated heterocycles. The molecule has 0 radical (unpaired) electrons. The number of halogens is 1. The number of hydrogen-bond donors (Lipinski definition) is 1. The second-order valence-electron chi connectivity index (χ2n) is 7.71. The third kappa shape index (κ3) is 4.11. The predicted octanol–water partition coefficient (Wildman–Crippen LogP) is 5.08. The molecule has 0 aliphatic carbocycles. The fourth-order valence-electron chi connectivity index (χ4n) is 3.61. The average Bonchev–Trinajstić information content (AvgIpc) is 3.43. The molecule has 170 valence electrons. The van der Waals surface area contributed by atoms with Crippen molar-refractivity contribution in [1.29, 1.82) is 0 Å². The Morgan fingerprint density at radius 2 is 1.91 bits per heavy atom. The molecule has 1 amide bonds. The summed E-state index contributed by atoms with van der Waals surface area (Å²) in [5.41, 5.74) is 2.87. The second-order valence-corrected chi connectivity index (χ2v) is 9.14. The number of amides is 1. The van der Waals surface area contributed by atoms with Crippen molar-refractivity contribution in [2.45, 2.75) is 20.4 Å². The number of hydrogen-bond acceptors (Lipinski definition) is 7. The van der Waals surface area contributed by atoms with Gasteiger partial charge in [-0.15, -0.1) is 11.3 Å². The summed E-state index contributed by atoms with van der Waals surface area (Å²) in [7, 11) is 0. The van der Waals surface area contributed by atoms with Gasteiger partial charge >= 0.3 is 0 Å². The molecule has 5 aromatic rings. The molecule has 3 heterocycles. The normalized spacial score (nSPS) is 11.1. The van der Waals surface area contributed by atoms with Crippen molar-refractivity contribution in [3.8, 4) is 22.2 Å². The molecule has 0 aliphatic heterocycles. The van der Waals surface area contributed by atoms with Gasteiger partial charge in [-0.3, -0.25) is 14.2 Å². The van der Waals surface area contributed by atoms with E-state index in [1.807, 2.05) is 38.1 Å². The second kappa shape index (κ2) is 8.85. The Morgan fingerprint density at radius 1 is 1.15 bits per heavy atom. The van der Waals surface area contributed by atoms with Crippen LogP contribution in [0.5, 0.6) is 0 Å². The summed E-state index contributed by atoms with van der Waals surface area (Å²) in [6.07, 6.45) is 1.37. The Labute approximate surface area is 202 Å². The number of aromatic nitrogens is 4. The highest BCUT2D eigenvalue weighted by atomic mass is 35.5. The lowest BCUT2D eigenvalue weighted by Gasteiger charge is -2.07. The number of nitrogens with zero attached hydrogens (tertiary/aromatic N) is 4. The van der Waals surface area contributed by atoms with Crippen LogP contribution < -0.4 is 10.9 Å². The molecule has 0 spiro atoms. The van der Waals surface area contributed by atoms with E-state index in [1.165, 1.54) is 22.2 Å². The number of rotatable bonds is 5. The van der Waals surface area contributed by atoms with E-state index in [-0.39, 0.29) is 18.0 Å². The van der Waals surface area contributed by atoms with Crippen LogP contribution in [0.2, 0.25) is 5.02 Å². The number of carbonyl (C=O) groups is 1. The summed E-state index contributed by atoms with van der Waals surface area (Å²) in [5.74, 6) is 0.456. The van der Waals surface area contributed by atoms with Gasteiger partial charge in [-0.2, -0.15) is 4.98 Å². The molecule has 0 bridgehead atoms. The van der Waals surface area contributed by atoms with Crippen molar-refractivity contribution in [3.05, 3.63) is 81.4 Å². The summed E-state index contributed by atoms with van der Waals surface area (Å²) in [5, 5.41) is 7.86. The summed E-state index contributed by atoms with van der Waals surface area (Å²) in [4.78, 5) is 35.8. The molecule has 2 aromatic carbocycles. The molecule has 0 aliphatic rings. The number of anilines is 1. The van der Waals surface area contributed by atoms with Crippen LogP contribution in [-0.4, -0.2) is 25.6 Å². The van der Waals surface area contributed by atoms with E-state index in [9.17, 15) is 9.59 Å². The molecule has 1 N–H and O–H groups in total. The minimum atomic E-state index is -0.349. The molecule has 3 aromatic heterocycles. The van der Waals surface area contributed by atoms with Crippen molar-refractivity contribution >= 4 is 44.7 Å². The molecular formula is C24H18ClN5O3S. The molecule has 34 heavy (non-hydrogen) atoms. The number of thiophene rings is 1. The van der Waals surface area contributed by atoms with Gasteiger partial charge in [0, 0.05) is 16.3 Å². The van der Waals surface area contributed by atoms with Crippen LogP contribution in [0.4, 0.5) is 5.69 Å². The van der Waals surface area contributed by atoms with Crippen molar-refractivity contribution < 1.29 is 9.32 Å². The molecular weight excluding hydrogens is 474 g/mol. The molecule has 0 unspecified atom stereocenters. The number of nitrogens with one attached hydrogen (secondary N) is 1. The molecule has 8 nitrogen and oxygen atoms in total. The third-order valence-electron chi connectivity index (χ3n) is 5.37. The van der Waals surface area contributed by atoms with Gasteiger partial charge in [-0.1, -0.05) is 41.0 Å².